The molecule has 0 radical (unpaired) electrons. The molecule has 0 N–H and O–H groups in total. The average Bonchev–Trinajstić information content (AvgIpc) is 0.918. The van der Waals surface area contributed by atoms with Gasteiger partial charge in [0.2, 0.25) is 0 Å². The molecule has 0 amide bonds. The van der Waals surface area contributed by atoms with Crippen LogP contribution in [-0.2, 0) is 17.1 Å². The average molecular weight is 120 g/mol. The van der Waals surface area contributed by atoms with Crippen molar-refractivity contribution in [2.24, 2.45) is 0 Å². The molecule has 2 nitrogen and oxygen atoms in total. The molecular weight excluding hydrogens is 120 g/mol. The first kappa shape index (κ1) is 8.84. The fourth-order valence-corrected chi connectivity index (χ4v) is 0. The van der Waals surface area contributed by atoms with Crippen LogP contribution in [0.2, 0.25) is 0 Å². The standard InChI is InChI=1S/Fe.H2O2S/c;1-3-2/h;1-2H/q+2;/p-2. The largest absolute Gasteiger partial charge is 2.00 e. The first-order valence-corrected chi connectivity index (χ1v) is 1.00. The maximum absolute atomic E-state index is 8.29. The van der Waals surface area contributed by atoms with Crippen molar-refractivity contribution in [3.05, 3.63) is 0 Å². The van der Waals surface area contributed by atoms with E-state index >= 15 is 0 Å². The molecule has 0 aromatic rings. The Kier molecular flexibility index (Phi) is 20.3. The monoisotopic (exact) mass is 120 g/mol. The molecule has 0 saturated carbocycles. The summed E-state index contributed by atoms with van der Waals surface area (Å²) >= 11 is -0.750. The smallest absolute Gasteiger partial charge is 0.811 e. The van der Waals surface area contributed by atoms with E-state index in [4.69, 9.17) is 9.11 Å². The van der Waals surface area contributed by atoms with Gasteiger partial charge in [0.15, 0.2) is 0 Å². The van der Waals surface area contributed by atoms with Crippen molar-refractivity contribution in [1.82, 2.24) is 0 Å². The molecule has 0 aliphatic carbocycles. The molecule has 0 unspecified atom stereocenters. The first-order chi connectivity index (χ1) is 1.41. The molecule has 0 spiro atoms. The van der Waals surface area contributed by atoms with Crippen LogP contribution >= 0.6 is 12.3 Å². The summed E-state index contributed by atoms with van der Waals surface area (Å²) in [5, 5.41) is 0. The second-order valence-electron chi connectivity index (χ2n) is 0.0680. The zero-order valence-electron chi connectivity index (χ0n) is 1.58. The molecule has 0 fully saturated rings. The van der Waals surface area contributed by atoms with E-state index in [0.29, 0.717) is 0 Å². The fraction of sp³-hybridized carbons (Fsp3) is 0. The number of hydrogen-bond donors (Lipinski definition) is 0. The molecule has 4 heteroatoms. The second kappa shape index (κ2) is 9.21. The fourth-order valence-electron chi connectivity index (χ4n) is 0. The van der Waals surface area contributed by atoms with Crippen molar-refractivity contribution < 1.29 is 26.2 Å². The Morgan fingerprint density at radius 2 is 1.25 bits per heavy atom. The van der Waals surface area contributed by atoms with Gasteiger partial charge < -0.3 is 21.4 Å². The number of hydrogen-bond acceptors (Lipinski definition) is 3. The topological polar surface area (TPSA) is 46.1 Å². The van der Waals surface area contributed by atoms with Crippen molar-refractivity contribution in [2.75, 3.05) is 0 Å². The summed E-state index contributed by atoms with van der Waals surface area (Å²) < 4.78 is 16.6. The summed E-state index contributed by atoms with van der Waals surface area (Å²) in [5.74, 6) is 0. The maximum Gasteiger partial charge on any atom is 2.00 e. The zero-order valence-corrected chi connectivity index (χ0v) is 3.50. The van der Waals surface area contributed by atoms with Crippen LogP contribution in [0.3, 0.4) is 0 Å². The summed E-state index contributed by atoms with van der Waals surface area (Å²) in [6, 6.07) is 0. The third-order valence-corrected chi connectivity index (χ3v) is 0. The molecule has 4 heavy (non-hydrogen) atoms. The van der Waals surface area contributed by atoms with Gasteiger partial charge in [0.25, 0.3) is 0 Å². The van der Waals surface area contributed by atoms with Gasteiger partial charge in [0, 0.05) is 0 Å². The molecule has 0 heterocycles. The van der Waals surface area contributed by atoms with Gasteiger partial charge in [-0.1, -0.05) is 0 Å². The zero-order chi connectivity index (χ0) is 2.71. The molecule has 0 rings (SSSR count). The Balaban J connectivity index is 0. The SMILES string of the molecule is [Fe+2].[O-]S[O-]. The van der Waals surface area contributed by atoms with Crippen LogP contribution in [0.5, 0.6) is 0 Å². The van der Waals surface area contributed by atoms with E-state index in [1.54, 1.807) is 0 Å². The Hall–Kier alpha value is 0.789. The van der Waals surface area contributed by atoms with Crippen molar-refractivity contribution in [1.29, 1.82) is 0 Å². The van der Waals surface area contributed by atoms with Gasteiger partial charge in [-0.3, -0.25) is 0 Å². The van der Waals surface area contributed by atoms with Crippen molar-refractivity contribution in [3.8, 4) is 0 Å². The first-order valence-electron chi connectivity index (χ1n) is 0.333. The molecule has 0 atom stereocenters. The van der Waals surface area contributed by atoms with Gasteiger partial charge in [-0.2, -0.15) is 0 Å². The Labute approximate surface area is 39.1 Å². The minimum absolute atomic E-state index is 0. The molecule has 0 aromatic carbocycles. The summed E-state index contributed by atoms with van der Waals surface area (Å²) in [6.45, 7) is 0. The van der Waals surface area contributed by atoms with Crippen LogP contribution in [0.25, 0.3) is 0 Å². The van der Waals surface area contributed by atoms with E-state index in [1.165, 1.54) is 0 Å². The summed E-state index contributed by atoms with van der Waals surface area (Å²) in [7, 11) is 0. The molecule has 0 aromatic heterocycles. The predicted molar refractivity (Wildman–Crippen MR) is 9.15 cm³/mol. The molecule has 0 bridgehead atoms. The molecular formula is FeO2S. The summed E-state index contributed by atoms with van der Waals surface area (Å²) in [6.07, 6.45) is 0. The Bertz CT molecular complexity index is 6.00. The van der Waals surface area contributed by atoms with E-state index in [1.807, 2.05) is 0 Å². The van der Waals surface area contributed by atoms with Crippen molar-refractivity contribution in [3.63, 3.8) is 0 Å². The van der Waals surface area contributed by atoms with Gasteiger partial charge >= 0.3 is 17.1 Å². The normalized spacial score (nSPS) is 4.50. The third kappa shape index (κ3) is 14.3. The number of rotatable bonds is 0. The van der Waals surface area contributed by atoms with E-state index in [9.17, 15) is 0 Å². The van der Waals surface area contributed by atoms with Crippen LogP contribution in [0, 0.1) is 0 Å². The molecule has 0 saturated heterocycles. The summed E-state index contributed by atoms with van der Waals surface area (Å²) in [4.78, 5) is 0. The van der Waals surface area contributed by atoms with Crippen molar-refractivity contribution >= 4 is 12.3 Å². The molecule has 0 aliphatic rings. The molecule has 0 aliphatic heterocycles. The van der Waals surface area contributed by atoms with Gasteiger partial charge in [0.05, 0.1) is 0 Å². The van der Waals surface area contributed by atoms with E-state index < -0.39 is 12.3 Å². The summed E-state index contributed by atoms with van der Waals surface area (Å²) in [5.41, 5.74) is 0. The minimum Gasteiger partial charge on any atom is -0.811 e. The van der Waals surface area contributed by atoms with Crippen LogP contribution in [0.4, 0.5) is 0 Å². The minimum atomic E-state index is -0.750. The van der Waals surface area contributed by atoms with Gasteiger partial charge in [-0.25, -0.2) is 0 Å². The third-order valence-electron chi connectivity index (χ3n) is 0. The maximum atomic E-state index is 8.29. The Morgan fingerprint density at radius 1 is 1.25 bits per heavy atom. The quantitative estimate of drug-likeness (QED) is 0.333. The predicted octanol–water partition coefficient (Wildman–Crippen LogP) is -0.0221. The second-order valence-corrected chi connectivity index (χ2v) is 0.204. The van der Waals surface area contributed by atoms with Gasteiger partial charge in [-0.05, 0) is 0 Å². The van der Waals surface area contributed by atoms with E-state index in [-0.39, 0.29) is 17.1 Å². The van der Waals surface area contributed by atoms with E-state index in [2.05, 4.69) is 0 Å². The Morgan fingerprint density at radius 3 is 1.25 bits per heavy atom. The van der Waals surface area contributed by atoms with E-state index in [0.717, 1.165) is 0 Å². The van der Waals surface area contributed by atoms with Gasteiger partial charge in [-0.15, -0.1) is 0 Å². The van der Waals surface area contributed by atoms with Crippen LogP contribution in [0.1, 0.15) is 0 Å². The van der Waals surface area contributed by atoms with Crippen LogP contribution in [0.15, 0.2) is 0 Å². The van der Waals surface area contributed by atoms with Crippen molar-refractivity contribution in [2.45, 2.75) is 0 Å². The molecule has 26 valence electrons. The van der Waals surface area contributed by atoms with Gasteiger partial charge in [0.1, 0.15) is 0 Å². The van der Waals surface area contributed by atoms with Crippen LogP contribution < -0.4 is 0 Å². The van der Waals surface area contributed by atoms with Crippen LogP contribution in [-0.4, -0.2) is 9.11 Å².